The van der Waals surface area contributed by atoms with E-state index in [1.165, 1.54) is 0 Å². The molecule has 0 spiro atoms. The molecule has 0 unspecified atom stereocenters. The zero-order chi connectivity index (χ0) is 9.80. The zero-order valence-electron chi connectivity index (χ0n) is 7.41. The Labute approximate surface area is 91.5 Å². The molecule has 0 aliphatic rings. The van der Waals surface area contributed by atoms with Crippen LogP contribution in [-0.4, -0.2) is 0 Å². The Morgan fingerprint density at radius 1 is 1.00 bits per heavy atom. The van der Waals surface area contributed by atoms with Gasteiger partial charge in [-0.2, -0.15) is 0 Å². The maximum atomic E-state index is 5.58. The fourth-order valence-corrected chi connectivity index (χ4v) is 1.34. The lowest BCUT2D eigenvalue weighted by atomic mass is 10.3. The molecule has 0 aliphatic carbocycles. The third-order valence-corrected chi connectivity index (χ3v) is 2.26. The van der Waals surface area contributed by atoms with Crippen LogP contribution in [0.4, 0.5) is 0 Å². The van der Waals surface area contributed by atoms with Gasteiger partial charge in [0.25, 0.3) is 0 Å². The van der Waals surface area contributed by atoms with Crippen molar-refractivity contribution in [3.05, 3.63) is 59.1 Å². The van der Waals surface area contributed by atoms with Gasteiger partial charge in [0.1, 0.15) is 11.5 Å². The molecule has 14 heavy (non-hydrogen) atoms. The third-order valence-electron chi connectivity index (χ3n) is 1.73. The minimum absolute atomic E-state index is 0.801. The molecule has 2 aromatic rings. The highest BCUT2D eigenvalue weighted by Crippen LogP contribution is 2.22. The molecule has 0 saturated carbocycles. The van der Waals surface area contributed by atoms with Crippen molar-refractivity contribution in [2.45, 2.75) is 0 Å². The second-order valence-electron chi connectivity index (χ2n) is 2.80. The van der Waals surface area contributed by atoms with Gasteiger partial charge in [-0.15, -0.1) is 0 Å². The minimum Gasteiger partial charge on any atom is -0.457 e. The van der Waals surface area contributed by atoms with Crippen LogP contribution >= 0.6 is 15.9 Å². The summed E-state index contributed by atoms with van der Waals surface area (Å²) in [6, 6.07) is 18.1. The van der Waals surface area contributed by atoms with Crippen molar-refractivity contribution in [3.63, 3.8) is 0 Å². The van der Waals surface area contributed by atoms with Crippen LogP contribution in [0.1, 0.15) is 0 Å². The monoisotopic (exact) mass is 247 g/mol. The zero-order valence-corrected chi connectivity index (χ0v) is 8.99. The summed E-state index contributed by atoms with van der Waals surface area (Å²) in [5.41, 5.74) is 0. The molecule has 0 aliphatic heterocycles. The number of rotatable bonds is 2. The van der Waals surface area contributed by atoms with E-state index >= 15 is 0 Å². The lowest BCUT2D eigenvalue weighted by molar-refractivity contribution is 0.482. The van der Waals surface area contributed by atoms with Crippen LogP contribution in [0.5, 0.6) is 11.5 Å². The molecule has 2 aromatic carbocycles. The second kappa shape index (κ2) is 4.29. The van der Waals surface area contributed by atoms with E-state index in [1.54, 1.807) is 0 Å². The molecule has 69 valence electrons. The number of hydrogen-bond donors (Lipinski definition) is 0. The van der Waals surface area contributed by atoms with Gasteiger partial charge in [-0.3, -0.25) is 0 Å². The first-order valence-corrected chi connectivity index (χ1v) is 5.03. The smallest absolute Gasteiger partial charge is 0.128 e. The van der Waals surface area contributed by atoms with Gasteiger partial charge < -0.3 is 4.74 Å². The molecule has 0 fully saturated rings. The topological polar surface area (TPSA) is 9.23 Å². The highest BCUT2D eigenvalue weighted by atomic mass is 79.9. The molecule has 2 rings (SSSR count). The second-order valence-corrected chi connectivity index (χ2v) is 3.71. The quantitative estimate of drug-likeness (QED) is 0.779. The summed E-state index contributed by atoms with van der Waals surface area (Å²) in [4.78, 5) is 0. The molecule has 0 aromatic heterocycles. The molecular weight excluding hydrogens is 240 g/mol. The average molecular weight is 248 g/mol. The Hall–Kier alpha value is -1.28. The van der Waals surface area contributed by atoms with Crippen LogP contribution in [-0.2, 0) is 0 Å². The lowest BCUT2D eigenvalue weighted by Crippen LogP contribution is -1.82. The van der Waals surface area contributed by atoms with Crippen LogP contribution in [0, 0.1) is 6.07 Å². The van der Waals surface area contributed by atoms with Crippen molar-refractivity contribution in [1.29, 1.82) is 0 Å². The number of benzene rings is 2. The Morgan fingerprint density at radius 2 is 1.79 bits per heavy atom. The van der Waals surface area contributed by atoms with E-state index in [9.17, 15) is 0 Å². The Bertz CT molecular complexity index is 394. The fraction of sp³-hybridized carbons (Fsp3) is 0. The largest absolute Gasteiger partial charge is 0.457 e. The summed E-state index contributed by atoms with van der Waals surface area (Å²) in [6.07, 6.45) is 0. The Kier molecular flexibility index (Phi) is 2.84. The minimum atomic E-state index is 0.801. The maximum Gasteiger partial charge on any atom is 0.128 e. The van der Waals surface area contributed by atoms with Gasteiger partial charge in [0, 0.05) is 4.47 Å². The Balaban J connectivity index is 2.16. The van der Waals surface area contributed by atoms with Crippen LogP contribution in [0.25, 0.3) is 0 Å². The number of hydrogen-bond acceptors (Lipinski definition) is 1. The summed E-state index contributed by atoms with van der Waals surface area (Å²) in [5, 5.41) is 0. The van der Waals surface area contributed by atoms with Gasteiger partial charge in [0.15, 0.2) is 0 Å². The van der Waals surface area contributed by atoms with Gasteiger partial charge in [0.05, 0.1) is 0 Å². The highest BCUT2D eigenvalue weighted by molar-refractivity contribution is 9.10. The number of halogens is 1. The van der Waals surface area contributed by atoms with Crippen molar-refractivity contribution in [2.24, 2.45) is 0 Å². The van der Waals surface area contributed by atoms with E-state index in [2.05, 4.69) is 22.0 Å². The fourth-order valence-electron chi connectivity index (χ4n) is 1.08. The molecule has 1 radical (unpaired) electrons. The molecule has 0 heterocycles. The standard InChI is InChI=1S/C12H8BrO/c13-10-6-8-12(9-7-10)14-11-4-2-1-3-5-11/h1-2,4-9H. The lowest BCUT2D eigenvalue weighted by Gasteiger charge is -2.04. The predicted molar refractivity (Wildman–Crippen MR) is 59.5 cm³/mol. The van der Waals surface area contributed by atoms with Crippen molar-refractivity contribution >= 4 is 15.9 Å². The molecule has 0 bridgehead atoms. The van der Waals surface area contributed by atoms with E-state index in [0.29, 0.717) is 0 Å². The highest BCUT2D eigenvalue weighted by Gasteiger charge is 1.95. The number of ether oxygens (including phenoxy) is 1. The van der Waals surface area contributed by atoms with E-state index in [-0.39, 0.29) is 0 Å². The van der Waals surface area contributed by atoms with Gasteiger partial charge in [-0.05, 0) is 42.5 Å². The summed E-state index contributed by atoms with van der Waals surface area (Å²) >= 11 is 3.37. The van der Waals surface area contributed by atoms with Crippen molar-refractivity contribution < 1.29 is 4.74 Å². The van der Waals surface area contributed by atoms with E-state index in [1.807, 2.05) is 48.5 Å². The van der Waals surface area contributed by atoms with Crippen LogP contribution in [0.3, 0.4) is 0 Å². The van der Waals surface area contributed by atoms with Crippen LogP contribution in [0.2, 0.25) is 0 Å². The molecule has 0 amide bonds. The summed E-state index contributed by atoms with van der Waals surface area (Å²) < 4.78 is 6.63. The van der Waals surface area contributed by atoms with Crippen molar-refractivity contribution in [2.75, 3.05) is 0 Å². The summed E-state index contributed by atoms with van der Waals surface area (Å²) in [5.74, 6) is 1.63. The molecule has 2 heteroatoms. The van der Waals surface area contributed by atoms with Gasteiger partial charge in [-0.1, -0.05) is 28.1 Å². The van der Waals surface area contributed by atoms with Crippen LogP contribution in [0.15, 0.2) is 53.0 Å². The van der Waals surface area contributed by atoms with Crippen molar-refractivity contribution in [3.8, 4) is 11.5 Å². The first kappa shape index (κ1) is 9.28. The predicted octanol–water partition coefficient (Wildman–Crippen LogP) is 4.04. The van der Waals surface area contributed by atoms with Crippen LogP contribution < -0.4 is 4.74 Å². The molecule has 1 nitrogen and oxygen atoms in total. The first-order valence-electron chi connectivity index (χ1n) is 4.24. The summed E-state index contributed by atoms with van der Waals surface area (Å²) in [7, 11) is 0. The maximum absolute atomic E-state index is 5.58. The molecule has 0 saturated heterocycles. The van der Waals surface area contributed by atoms with E-state index in [0.717, 1.165) is 16.0 Å². The molecule has 0 N–H and O–H groups in total. The Morgan fingerprint density at radius 3 is 2.43 bits per heavy atom. The van der Waals surface area contributed by atoms with E-state index < -0.39 is 0 Å². The first-order chi connectivity index (χ1) is 6.84. The van der Waals surface area contributed by atoms with Crippen molar-refractivity contribution in [1.82, 2.24) is 0 Å². The van der Waals surface area contributed by atoms with Gasteiger partial charge >= 0.3 is 0 Å². The van der Waals surface area contributed by atoms with Gasteiger partial charge in [-0.25, -0.2) is 0 Å². The average Bonchev–Trinajstić information content (AvgIpc) is 2.23. The van der Waals surface area contributed by atoms with E-state index in [4.69, 9.17) is 4.74 Å². The third kappa shape index (κ3) is 2.36. The molecule has 0 atom stereocenters. The SMILES string of the molecule is Brc1ccc(Oc2c[c]ccc2)cc1. The summed E-state index contributed by atoms with van der Waals surface area (Å²) in [6.45, 7) is 0. The normalized spacial score (nSPS) is 9.79. The molecular formula is C12H8BrO. The van der Waals surface area contributed by atoms with Gasteiger partial charge in [0.2, 0.25) is 0 Å².